The van der Waals surface area contributed by atoms with Gasteiger partial charge in [-0.05, 0) is 32.6 Å². The second-order valence-corrected chi connectivity index (χ2v) is 6.07. The first-order valence-corrected chi connectivity index (χ1v) is 9.06. The van der Waals surface area contributed by atoms with Crippen molar-refractivity contribution >= 4 is 5.97 Å². The Morgan fingerprint density at radius 3 is 2.29 bits per heavy atom. The van der Waals surface area contributed by atoms with Gasteiger partial charge in [-0.1, -0.05) is 13.8 Å². The molecule has 0 bridgehead atoms. The van der Waals surface area contributed by atoms with Crippen molar-refractivity contribution in [3.05, 3.63) is 0 Å². The molecule has 0 saturated carbocycles. The monoisotopic (exact) mass is 348 g/mol. The number of hydrogen-bond acceptors (Lipinski definition) is 6. The molecule has 0 saturated heterocycles. The lowest BCUT2D eigenvalue weighted by Crippen LogP contribution is -2.20. The number of carbonyl (C=O) groups is 1. The molecule has 0 aromatic rings. The van der Waals surface area contributed by atoms with Crippen LogP contribution in [-0.4, -0.2) is 64.9 Å². The largest absolute Gasteiger partial charge is 0.466 e. The molecule has 24 heavy (non-hydrogen) atoms. The third-order valence-corrected chi connectivity index (χ3v) is 3.19. The summed E-state index contributed by atoms with van der Waals surface area (Å²) in [5.74, 6) is 0.409. The van der Waals surface area contributed by atoms with Crippen molar-refractivity contribution < 1.29 is 28.5 Å². The van der Waals surface area contributed by atoms with Crippen molar-refractivity contribution in [2.45, 2.75) is 53.1 Å². The zero-order chi connectivity index (χ0) is 18.0. The SMILES string of the molecule is CCOCCOCC(C)OCCOCCCC(=O)OCCC(C)C. The zero-order valence-electron chi connectivity index (χ0n) is 15.9. The molecule has 0 N–H and O–H groups in total. The molecule has 0 heterocycles. The molecule has 6 heteroatoms. The molecular weight excluding hydrogens is 312 g/mol. The Hall–Kier alpha value is -0.690. The molecule has 0 aliphatic rings. The quantitative estimate of drug-likeness (QED) is 0.297. The highest BCUT2D eigenvalue weighted by atomic mass is 16.6. The molecule has 0 fully saturated rings. The van der Waals surface area contributed by atoms with Crippen LogP contribution in [-0.2, 0) is 28.5 Å². The summed E-state index contributed by atoms with van der Waals surface area (Å²) in [6, 6.07) is 0. The van der Waals surface area contributed by atoms with Gasteiger partial charge in [-0.3, -0.25) is 4.79 Å². The fourth-order valence-corrected chi connectivity index (χ4v) is 1.77. The molecule has 0 rings (SSSR count). The first-order valence-electron chi connectivity index (χ1n) is 9.06. The maximum Gasteiger partial charge on any atom is 0.305 e. The van der Waals surface area contributed by atoms with Gasteiger partial charge in [0, 0.05) is 19.6 Å². The summed E-state index contributed by atoms with van der Waals surface area (Å²) in [5, 5.41) is 0. The predicted molar refractivity (Wildman–Crippen MR) is 93.2 cm³/mol. The van der Waals surface area contributed by atoms with Gasteiger partial charge in [0.2, 0.25) is 0 Å². The van der Waals surface area contributed by atoms with Gasteiger partial charge in [0.05, 0.1) is 45.7 Å². The van der Waals surface area contributed by atoms with E-state index in [1.165, 1.54) is 0 Å². The van der Waals surface area contributed by atoms with Gasteiger partial charge in [-0.15, -0.1) is 0 Å². The molecule has 0 spiro atoms. The third kappa shape index (κ3) is 17.7. The minimum atomic E-state index is -0.145. The number of rotatable bonds is 17. The second-order valence-electron chi connectivity index (χ2n) is 6.07. The number of esters is 1. The fourth-order valence-electron chi connectivity index (χ4n) is 1.77. The van der Waals surface area contributed by atoms with Gasteiger partial charge in [0.15, 0.2) is 0 Å². The Morgan fingerprint density at radius 1 is 0.875 bits per heavy atom. The first-order chi connectivity index (χ1) is 11.6. The molecule has 144 valence electrons. The first kappa shape index (κ1) is 23.3. The zero-order valence-corrected chi connectivity index (χ0v) is 15.9. The van der Waals surface area contributed by atoms with E-state index in [0.29, 0.717) is 71.6 Å². The molecule has 6 nitrogen and oxygen atoms in total. The van der Waals surface area contributed by atoms with E-state index in [2.05, 4.69) is 13.8 Å². The van der Waals surface area contributed by atoms with E-state index in [4.69, 9.17) is 23.7 Å². The molecule has 1 atom stereocenters. The summed E-state index contributed by atoms with van der Waals surface area (Å²) in [4.78, 5) is 11.4. The highest BCUT2D eigenvalue weighted by Crippen LogP contribution is 2.01. The summed E-state index contributed by atoms with van der Waals surface area (Å²) in [6.07, 6.45) is 2.03. The van der Waals surface area contributed by atoms with Gasteiger partial charge in [0.25, 0.3) is 0 Å². The molecule has 0 aliphatic heterocycles. The Balaban J connectivity index is 3.27. The van der Waals surface area contributed by atoms with Crippen LogP contribution in [0.3, 0.4) is 0 Å². The minimum Gasteiger partial charge on any atom is -0.466 e. The Morgan fingerprint density at radius 2 is 1.58 bits per heavy atom. The maximum absolute atomic E-state index is 11.4. The van der Waals surface area contributed by atoms with Gasteiger partial charge in [0.1, 0.15) is 0 Å². The summed E-state index contributed by atoms with van der Waals surface area (Å²) in [7, 11) is 0. The van der Waals surface area contributed by atoms with Crippen molar-refractivity contribution in [2.75, 3.05) is 52.9 Å². The van der Waals surface area contributed by atoms with E-state index >= 15 is 0 Å². The van der Waals surface area contributed by atoms with Crippen LogP contribution >= 0.6 is 0 Å². The van der Waals surface area contributed by atoms with Crippen LogP contribution in [0.5, 0.6) is 0 Å². The van der Waals surface area contributed by atoms with E-state index < -0.39 is 0 Å². The standard InChI is InChI=1S/C18H36O6/c1-5-20-11-12-22-15-17(4)23-14-13-21-9-6-7-18(19)24-10-8-16(2)3/h16-17H,5-15H2,1-4H3. The van der Waals surface area contributed by atoms with Crippen LogP contribution in [0.15, 0.2) is 0 Å². The van der Waals surface area contributed by atoms with Gasteiger partial charge >= 0.3 is 5.97 Å². The average molecular weight is 348 g/mol. The lowest BCUT2D eigenvalue weighted by Gasteiger charge is -2.13. The third-order valence-electron chi connectivity index (χ3n) is 3.19. The van der Waals surface area contributed by atoms with Crippen LogP contribution in [0.25, 0.3) is 0 Å². The second kappa shape index (κ2) is 17.1. The van der Waals surface area contributed by atoms with E-state index in [0.717, 1.165) is 6.42 Å². The highest BCUT2D eigenvalue weighted by molar-refractivity contribution is 5.69. The Bertz CT molecular complexity index is 283. The summed E-state index contributed by atoms with van der Waals surface area (Å²) in [6.45, 7) is 12.7. The molecule has 0 aliphatic carbocycles. The topological polar surface area (TPSA) is 63.2 Å². The van der Waals surface area contributed by atoms with Crippen LogP contribution in [0.2, 0.25) is 0 Å². The molecule has 0 aromatic heterocycles. The van der Waals surface area contributed by atoms with Crippen LogP contribution < -0.4 is 0 Å². The maximum atomic E-state index is 11.4. The Kier molecular flexibility index (Phi) is 16.7. The summed E-state index contributed by atoms with van der Waals surface area (Å²) in [5.41, 5.74) is 0. The highest BCUT2D eigenvalue weighted by Gasteiger charge is 2.04. The number of carbonyl (C=O) groups excluding carboxylic acids is 1. The van der Waals surface area contributed by atoms with Crippen molar-refractivity contribution in [1.29, 1.82) is 0 Å². The minimum absolute atomic E-state index is 0.0335. The lowest BCUT2D eigenvalue weighted by atomic mass is 10.1. The molecule has 1 unspecified atom stereocenters. The smallest absolute Gasteiger partial charge is 0.305 e. The van der Waals surface area contributed by atoms with Gasteiger partial charge in [-0.25, -0.2) is 0 Å². The molecule has 0 aromatic carbocycles. The fraction of sp³-hybridized carbons (Fsp3) is 0.944. The van der Waals surface area contributed by atoms with E-state index in [9.17, 15) is 4.79 Å². The number of ether oxygens (including phenoxy) is 5. The summed E-state index contributed by atoms with van der Waals surface area (Å²) < 4.78 is 26.7. The van der Waals surface area contributed by atoms with Gasteiger partial charge in [-0.2, -0.15) is 0 Å². The van der Waals surface area contributed by atoms with Crippen LogP contribution in [0.4, 0.5) is 0 Å². The lowest BCUT2D eigenvalue weighted by molar-refractivity contribution is -0.144. The van der Waals surface area contributed by atoms with Crippen molar-refractivity contribution in [2.24, 2.45) is 5.92 Å². The van der Waals surface area contributed by atoms with Crippen molar-refractivity contribution in [3.63, 3.8) is 0 Å². The van der Waals surface area contributed by atoms with Gasteiger partial charge < -0.3 is 23.7 Å². The van der Waals surface area contributed by atoms with Crippen LogP contribution in [0, 0.1) is 5.92 Å². The average Bonchev–Trinajstić information content (AvgIpc) is 2.53. The molecule has 0 radical (unpaired) electrons. The number of hydrogen-bond donors (Lipinski definition) is 0. The predicted octanol–water partition coefficient (Wildman–Crippen LogP) is 2.83. The summed E-state index contributed by atoms with van der Waals surface area (Å²) >= 11 is 0. The van der Waals surface area contributed by atoms with Crippen LogP contribution in [0.1, 0.15) is 47.0 Å². The van der Waals surface area contributed by atoms with Crippen molar-refractivity contribution in [3.8, 4) is 0 Å². The normalized spacial score (nSPS) is 12.5. The van der Waals surface area contributed by atoms with E-state index in [1.54, 1.807) is 0 Å². The Labute approximate surface area is 147 Å². The van der Waals surface area contributed by atoms with E-state index in [-0.39, 0.29) is 12.1 Å². The molecule has 0 amide bonds. The molecular formula is C18H36O6. The van der Waals surface area contributed by atoms with Crippen molar-refractivity contribution in [1.82, 2.24) is 0 Å². The van der Waals surface area contributed by atoms with E-state index in [1.807, 2.05) is 13.8 Å².